The number of hydrazone groups is 1. The Morgan fingerprint density at radius 2 is 1.84 bits per heavy atom. The topological polar surface area (TPSA) is 111 Å². The first-order valence-electron chi connectivity index (χ1n) is 7.26. The standard InChI is InChI=1S/C17H16BrN3O4/c1-10(12-7-6-11(22)8-15(12)23)20-21-16(24)9-19-17(25)13-4-2-3-5-14(13)18/h2-8,22-23H,9H2,1H3,(H,19,25)(H,21,24). The van der Waals surface area contributed by atoms with E-state index in [1.165, 1.54) is 18.2 Å². The molecule has 0 saturated carbocycles. The summed E-state index contributed by atoms with van der Waals surface area (Å²) in [5.41, 5.74) is 3.43. The minimum absolute atomic E-state index is 0.0760. The van der Waals surface area contributed by atoms with Crippen LogP contribution in [0.25, 0.3) is 0 Å². The average molecular weight is 406 g/mol. The molecular formula is C17H16BrN3O4. The Morgan fingerprint density at radius 3 is 2.52 bits per heavy atom. The second-order valence-corrected chi connectivity index (χ2v) is 5.95. The summed E-state index contributed by atoms with van der Waals surface area (Å²) >= 11 is 3.27. The Hall–Kier alpha value is -2.87. The lowest BCUT2D eigenvalue weighted by atomic mass is 10.1. The Morgan fingerprint density at radius 1 is 1.12 bits per heavy atom. The summed E-state index contributed by atoms with van der Waals surface area (Å²) in [6, 6.07) is 10.9. The number of phenolic OH excluding ortho intramolecular Hbond substituents is 2. The van der Waals surface area contributed by atoms with Gasteiger partial charge in [0.05, 0.1) is 17.8 Å². The van der Waals surface area contributed by atoms with Gasteiger partial charge in [-0.05, 0) is 47.1 Å². The second kappa shape index (κ2) is 8.29. The molecule has 0 spiro atoms. The molecule has 0 saturated heterocycles. The molecule has 130 valence electrons. The van der Waals surface area contributed by atoms with Crippen LogP contribution in [-0.2, 0) is 4.79 Å². The van der Waals surface area contributed by atoms with Gasteiger partial charge in [0.25, 0.3) is 11.8 Å². The largest absolute Gasteiger partial charge is 0.508 e. The van der Waals surface area contributed by atoms with Crippen molar-refractivity contribution in [2.24, 2.45) is 5.10 Å². The van der Waals surface area contributed by atoms with Gasteiger partial charge >= 0.3 is 0 Å². The minimum atomic E-state index is -0.516. The zero-order valence-electron chi connectivity index (χ0n) is 13.3. The molecule has 0 atom stereocenters. The number of hydrogen-bond acceptors (Lipinski definition) is 5. The lowest BCUT2D eigenvalue weighted by molar-refractivity contribution is -0.120. The molecule has 0 heterocycles. The smallest absolute Gasteiger partial charge is 0.259 e. The lowest BCUT2D eigenvalue weighted by Gasteiger charge is -2.07. The first-order valence-corrected chi connectivity index (χ1v) is 8.06. The quantitative estimate of drug-likeness (QED) is 0.450. The van der Waals surface area contributed by atoms with Gasteiger partial charge in [0.1, 0.15) is 11.5 Å². The highest BCUT2D eigenvalue weighted by atomic mass is 79.9. The number of nitrogens with one attached hydrogen (secondary N) is 2. The summed E-state index contributed by atoms with van der Waals surface area (Å²) in [6.07, 6.45) is 0. The number of amides is 2. The third kappa shape index (κ3) is 5.05. The Kier molecular flexibility index (Phi) is 6.13. The lowest BCUT2D eigenvalue weighted by Crippen LogP contribution is -2.35. The summed E-state index contributed by atoms with van der Waals surface area (Å²) < 4.78 is 0.629. The SMILES string of the molecule is CC(=NNC(=O)CNC(=O)c1ccccc1Br)c1ccc(O)cc1O. The number of benzene rings is 2. The highest BCUT2D eigenvalue weighted by molar-refractivity contribution is 9.10. The first kappa shape index (κ1) is 18.5. The molecular weight excluding hydrogens is 390 g/mol. The van der Waals surface area contributed by atoms with Gasteiger partial charge < -0.3 is 15.5 Å². The monoisotopic (exact) mass is 405 g/mol. The predicted octanol–water partition coefficient (Wildman–Crippen LogP) is 2.13. The van der Waals surface area contributed by atoms with Crippen LogP contribution in [0.1, 0.15) is 22.8 Å². The van der Waals surface area contributed by atoms with Crippen molar-refractivity contribution in [2.75, 3.05) is 6.54 Å². The van der Waals surface area contributed by atoms with E-state index < -0.39 is 5.91 Å². The van der Waals surface area contributed by atoms with Crippen LogP contribution in [-0.4, -0.2) is 34.3 Å². The molecule has 0 unspecified atom stereocenters. The van der Waals surface area contributed by atoms with E-state index in [1.807, 2.05) is 0 Å². The van der Waals surface area contributed by atoms with Crippen LogP contribution < -0.4 is 10.7 Å². The minimum Gasteiger partial charge on any atom is -0.508 e. The van der Waals surface area contributed by atoms with Crippen LogP contribution in [0, 0.1) is 0 Å². The summed E-state index contributed by atoms with van der Waals surface area (Å²) in [4.78, 5) is 23.8. The number of carbonyl (C=O) groups excluding carboxylic acids is 2. The fourth-order valence-corrected chi connectivity index (χ4v) is 2.44. The number of aromatic hydroxyl groups is 2. The summed E-state index contributed by atoms with van der Waals surface area (Å²) in [5, 5.41) is 25.4. The molecule has 0 aliphatic heterocycles. The van der Waals surface area contributed by atoms with E-state index >= 15 is 0 Å². The summed E-state index contributed by atoms with van der Waals surface area (Å²) in [7, 11) is 0. The van der Waals surface area contributed by atoms with Gasteiger partial charge in [-0.25, -0.2) is 5.43 Å². The summed E-state index contributed by atoms with van der Waals surface area (Å²) in [6.45, 7) is 1.34. The molecule has 0 fully saturated rings. The number of carbonyl (C=O) groups is 2. The maximum atomic E-state index is 12.0. The van der Waals surface area contributed by atoms with E-state index in [1.54, 1.807) is 31.2 Å². The zero-order valence-corrected chi connectivity index (χ0v) is 14.9. The molecule has 8 heteroatoms. The third-order valence-electron chi connectivity index (χ3n) is 3.25. The van der Waals surface area contributed by atoms with Gasteiger partial charge in [0.2, 0.25) is 0 Å². The molecule has 25 heavy (non-hydrogen) atoms. The van der Waals surface area contributed by atoms with E-state index in [0.717, 1.165) is 0 Å². The van der Waals surface area contributed by atoms with Crippen molar-refractivity contribution in [3.63, 3.8) is 0 Å². The number of nitrogens with zero attached hydrogens (tertiary/aromatic N) is 1. The highest BCUT2D eigenvalue weighted by Crippen LogP contribution is 2.22. The fraction of sp³-hybridized carbons (Fsp3) is 0.118. The van der Waals surface area contributed by atoms with Crippen LogP contribution >= 0.6 is 15.9 Å². The van der Waals surface area contributed by atoms with Crippen molar-refractivity contribution >= 4 is 33.5 Å². The van der Waals surface area contributed by atoms with Crippen LogP contribution in [0.15, 0.2) is 52.0 Å². The van der Waals surface area contributed by atoms with E-state index in [0.29, 0.717) is 21.3 Å². The van der Waals surface area contributed by atoms with Gasteiger partial charge in [-0.3, -0.25) is 9.59 Å². The molecule has 0 aromatic heterocycles. The summed E-state index contributed by atoms with van der Waals surface area (Å²) in [5.74, 6) is -1.14. The van der Waals surface area contributed by atoms with Crippen molar-refractivity contribution < 1.29 is 19.8 Å². The second-order valence-electron chi connectivity index (χ2n) is 5.10. The maximum Gasteiger partial charge on any atom is 0.259 e. The normalized spacial score (nSPS) is 11.0. The molecule has 2 aromatic carbocycles. The number of phenols is 2. The van der Waals surface area contributed by atoms with E-state index in [9.17, 15) is 19.8 Å². The van der Waals surface area contributed by atoms with E-state index in [2.05, 4.69) is 31.8 Å². The van der Waals surface area contributed by atoms with E-state index in [4.69, 9.17) is 0 Å². The van der Waals surface area contributed by atoms with Gasteiger partial charge in [-0.2, -0.15) is 5.10 Å². The number of hydrogen-bond donors (Lipinski definition) is 4. The van der Waals surface area contributed by atoms with Crippen LogP contribution in [0.3, 0.4) is 0 Å². The third-order valence-corrected chi connectivity index (χ3v) is 3.94. The van der Waals surface area contributed by atoms with Crippen molar-refractivity contribution in [1.29, 1.82) is 0 Å². The fourth-order valence-electron chi connectivity index (χ4n) is 1.97. The van der Waals surface area contributed by atoms with Gasteiger partial charge in [-0.15, -0.1) is 0 Å². The number of halogens is 1. The van der Waals surface area contributed by atoms with Gasteiger partial charge in [0.15, 0.2) is 0 Å². The molecule has 0 aliphatic rings. The molecule has 0 aliphatic carbocycles. The Bertz CT molecular complexity index is 836. The van der Waals surface area contributed by atoms with Crippen LogP contribution in [0.5, 0.6) is 11.5 Å². The Balaban J connectivity index is 1.92. The predicted molar refractivity (Wildman–Crippen MR) is 96.6 cm³/mol. The molecule has 7 nitrogen and oxygen atoms in total. The highest BCUT2D eigenvalue weighted by Gasteiger charge is 2.11. The number of rotatable bonds is 5. The molecule has 0 bridgehead atoms. The maximum absolute atomic E-state index is 12.0. The van der Waals surface area contributed by atoms with Gasteiger partial charge in [-0.1, -0.05) is 12.1 Å². The zero-order chi connectivity index (χ0) is 18.4. The molecule has 2 amide bonds. The van der Waals surface area contributed by atoms with Crippen LogP contribution in [0.4, 0.5) is 0 Å². The average Bonchev–Trinajstić information content (AvgIpc) is 2.58. The van der Waals surface area contributed by atoms with Crippen molar-refractivity contribution in [3.8, 4) is 11.5 Å². The van der Waals surface area contributed by atoms with Crippen molar-refractivity contribution in [3.05, 3.63) is 58.1 Å². The van der Waals surface area contributed by atoms with Crippen molar-refractivity contribution in [2.45, 2.75) is 6.92 Å². The molecule has 2 aromatic rings. The first-order chi connectivity index (χ1) is 11.9. The molecule has 4 N–H and O–H groups in total. The van der Waals surface area contributed by atoms with Gasteiger partial charge in [0, 0.05) is 16.1 Å². The van der Waals surface area contributed by atoms with E-state index in [-0.39, 0.29) is 24.0 Å². The molecule has 0 radical (unpaired) electrons. The van der Waals surface area contributed by atoms with Crippen molar-refractivity contribution in [1.82, 2.24) is 10.7 Å². The molecule has 2 rings (SSSR count). The Labute approximate surface area is 152 Å². The van der Waals surface area contributed by atoms with Crippen LogP contribution in [0.2, 0.25) is 0 Å².